The zero-order chi connectivity index (χ0) is 17.2. The van der Waals surface area contributed by atoms with E-state index >= 15 is 0 Å². The van der Waals surface area contributed by atoms with Gasteiger partial charge in [-0.3, -0.25) is 4.79 Å². The first kappa shape index (κ1) is 15.9. The topological polar surface area (TPSA) is 72.4 Å². The lowest BCUT2D eigenvalue weighted by atomic mass is 9.96. The quantitative estimate of drug-likeness (QED) is 0.708. The van der Waals surface area contributed by atoms with Crippen LogP contribution in [0.4, 0.5) is 0 Å². The summed E-state index contributed by atoms with van der Waals surface area (Å²) in [5.74, 6) is 1.64. The average Bonchev–Trinajstić information content (AvgIpc) is 3.34. The Morgan fingerprint density at radius 3 is 2.60 bits per heavy atom. The minimum absolute atomic E-state index is 0.0733. The number of nitrogens with zero attached hydrogens (tertiary/aromatic N) is 3. The lowest BCUT2D eigenvalue weighted by molar-refractivity contribution is 0.0672. The van der Waals surface area contributed by atoms with Crippen molar-refractivity contribution < 1.29 is 13.7 Å². The number of benzene rings is 1. The highest BCUT2D eigenvalue weighted by atomic mass is 35.5. The maximum absolute atomic E-state index is 12.3. The molecular weight excluding hydrogens is 342 g/mol. The molecule has 0 bridgehead atoms. The summed E-state index contributed by atoms with van der Waals surface area (Å²) in [7, 11) is 0. The maximum atomic E-state index is 12.3. The molecule has 1 aliphatic heterocycles. The minimum atomic E-state index is -0.0733. The Balaban J connectivity index is 1.41. The molecule has 3 heterocycles. The molecule has 1 aliphatic rings. The second kappa shape index (κ2) is 6.72. The SMILES string of the molecule is O=C(c1ccco1)N1CCC(c2nc(-c3ccc(Cl)cc3)no2)CC1. The van der Waals surface area contributed by atoms with Crippen LogP contribution in [0.2, 0.25) is 5.02 Å². The summed E-state index contributed by atoms with van der Waals surface area (Å²) in [4.78, 5) is 18.6. The summed E-state index contributed by atoms with van der Waals surface area (Å²) in [6.45, 7) is 1.28. The van der Waals surface area contributed by atoms with E-state index in [1.54, 1.807) is 29.2 Å². The normalized spacial score (nSPS) is 15.5. The summed E-state index contributed by atoms with van der Waals surface area (Å²) < 4.78 is 10.6. The number of amides is 1. The fourth-order valence-electron chi connectivity index (χ4n) is 3.00. The Hall–Kier alpha value is -2.60. The largest absolute Gasteiger partial charge is 0.459 e. The third kappa shape index (κ3) is 3.30. The molecule has 1 saturated heterocycles. The van der Waals surface area contributed by atoms with Gasteiger partial charge < -0.3 is 13.8 Å². The van der Waals surface area contributed by atoms with Gasteiger partial charge in [-0.1, -0.05) is 16.8 Å². The second-order valence-electron chi connectivity index (χ2n) is 6.01. The Morgan fingerprint density at radius 1 is 1.16 bits per heavy atom. The number of rotatable bonds is 3. The molecule has 1 fully saturated rings. The van der Waals surface area contributed by atoms with Gasteiger partial charge in [-0.25, -0.2) is 0 Å². The van der Waals surface area contributed by atoms with Crippen molar-refractivity contribution in [3.8, 4) is 11.4 Å². The van der Waals surface area contributed by atoms with Crippen molar-refractivity contribution in [2.45, 2.75) is 18.8 Å². The van der Waals surface area contributed by atoms with E-state index < -0.39 is 0 Å². The number of carbonyl (C=O) groups is 1. The van der Waals surface area contributed by atoms with Gasteiger partial charge in [0.15, 0.2) is 5.76 Å². The Morgan fingerprint density at radius 2 is 1.92 bits per heavy atom. The van der Waals surface area contributed by atoms with Crippen LogP contribution in [-0.4, -0.2) is 34.0 Å². The molecule has 0 N–H and O–H groups in total. The van der Waals surface area contributed by atoms with Crippen LogP contribution in [-0.2, 0) is 0 Å². The van der Waals surface area contributed by atoms with Crippen molar-refractivity contribution >= 4 is 17.5 Å². The molecule has 2 aromatic heterocycles. The van der Waals surface area contributed by atoms with E-state index in [1.807, 2.05) is 12.1 Å². The molecule has 0 radical (unpaired) electrons. The van der Waals surface area contributed by atoms with E-state index in [2.05, 4.69) is 10.1 Å². The molecule has 0 atom stereocenters. The van der Waals surface area contributed by atoms with Crippen molar-refractivity contribution in [1.82, 2.24) is 15.0 Å². The summed E-state index contributed by atoms with van der Waals surface area (Å²) >= 11 is 5.90. The molecule has 6 nitrogen and oxygen atoms in total. The Labute approximate surface area is 149 Å². The molecule has 0 spiro atoms. The number of furan rings is 1. The van der Waals surface area contributed by atoms with E-state index in [1.165, 1.54) is 6.26 Å². The predicted octanol–water partition coefficient (Wildman–Crippen LogP) is 4.00. The zero-order valence-corrected chi connectivity index (χ0v) is 14.1. The number of aromatic nitrogens is 2. The lowest BCUT2D eigenvalue weighted by Crippen LogP contribution is -2.37. The molecule has 25 heavy (non-hydrogen) atoms. The highest BCUT2D eigenvalue weighted by Gasteiger charge is 2.29. The first-order valence-corrected chi connectivity index (χ1v) is 8.51. The maximum Gasteiger partial charge on any atom is 0.289 e. The standard InChI is InChI=1S/C18H16ClN3O3/c19-14-5-3-12(4-6-14)16-20-17(25-21-16)13-7-9-22(10-8-13)18(23)15-2-1-11-24-15/h1-6,11,13H,7-10H2. The van der Waals surface area contributed by atoms with Gasteiger partial charge >= 0.3 is 0 Å². The number of hydrogen-bond donors (Lipinski definition) is 0. The molecule has 0 saturated carbocycles. The fraction of sp³-hybridized carbons (Fsp3) is 0.278. The van der Waals surface area contributed by atoms with Gasteiger partial charge in [-0.2, -0.15) is 4.98 Å². The molecular formula is C18H16ClN3O3. The number of hydrogen-bond acceptors (Lipinski definition) is 5. The van der Waals surface area contributed by atoms with Crippen LogP contribution < -0.4 is 0 Å². The van der Waals surface area contributed by atoms with Gasteiger partial charge in [-0.05, 0) is 49.2 Å². The summed E-state index contributed by atoms with van der Waals surface area (Å²) in [6, 6.07) is 10.7. The zero-order valence-electron chi connectivity index (χ0n) is 13.4. The Bertz CT molecular complexity index is 850. The van der Waals surface area contributed by atoms with E-state index in [-0.39, 0.29) is 11.8 Å². The number of likely N-dealkylation sites (tertiary alicyclic amines) is 1. The molecule has 0 unspecified atom stereocenters. The van der Waals surface area contributed by atoms with Gasteiger partial charge in [0.2, 0.25) is 11.7 Å². The number of halogens is 1. The van der Waals surface area contributed by atoms with Crippen molar-refractivity contribution in [2.75, 3.05) is 13.1 Å². The molecule has 7 heteroatoms. The highest BCUT2D eigenvalue weighted by Crippen LogP contribution is 2.29. The third-order valence-corrected chi connectivity index (χ3v) is 4.66. The minimum Gasteiger partial charge on any atom is -0.459 e. The molecule has 1 aromatic carbocycles. The number of piperidine rings is 1. The van der Waals surface area contributed by atoms with Crippen molar-refractivity contribution in [3.05, 3.63) is 59.3 Å². The van der Waals surface area contributed by atoms with E-state index in [0.29, 0.717) is 35.6 Å². The van der Waals surface area contributed by atoms with Gasteiger partial charge in [0.25, 0.3) is 5.91 Å². The van der Waals surface area contributed by atoms with Gasteiger partial charge in [0, 0.05) is 29.6 Å². The van der Waals surface area contributed by atoms with Gasteiger partial charge in [0.1, 0.15) is 0 Å². The monoisotopic (exact) mass is 357 g/mol. The lowest BCUT2D eigenvalue weighted by Gasteiger charge is -2.29. The van der Waals surface area contributed by atoms with Crippen LogP contribution in [0.1, 0.15) is 35.2 Å². The summed E-state index contributed by atoms with van der Waals surface area (Å²) in [6.07, 6.45) is 3.08. The van der Waals surface area contributed by atoms with Gasteiger partial charge in [-0.15, -0.1) is 0 Å². The number of carbonyl (C=O) groups excluding carboxylic acids is 1. The van der Waals surface area contributed by atoms with E-state index in [0.717, 1.165) is 18.4 Å². The highest BCUT2D eigenvalue weighted by molar-refractivity contribution is 6.30. The summed E-state index contributed by atoms with van der Waals surface area (Å²) in [5, 5.41) is 4.73. The molecule has 1 amide bonds. The predicted molar refractivity (Wildman–Crippen MR) is 91.3 cm³/mol. The summed E-state index contributed by atoms with van der Waals surface area (Å²) in [5.41, 5.74) is 0.866. The third-order valence-electron chi connectivity index (χ3n) is 4.41. The van der Waals surface area contributed by atoms with Crippen molar-refractivity contribution in [2.24, 2.45) is 0 Å². The molecule has 0 aliphatic carbocycles. The second-order valence-corrected chi connectivity index (χ2v) is 6.44. The average molecular weight is 358 g/mol. The molecule has 3 aromatic rings. The van der Waals surface area contributed by atoms with E-state index in [4.69, 9.17) is 20.5 Å². The Kier molecular flexibility index (Phi) is 4.28. The first-order chi connectivity index (χ1) is 12.2. The van der Waals surface area contributed by atoms with E-state index in [9.17, 15) is 4.79 Å². The first-order valence-electron chi connectivity index (χ1n) is 8.13. The van der Waals surface area contributed by atoms with Crippen LogP contribution in [0, 0.1) is 0 Å². The van der Waals surface area contributed by atoms with Crippen LogP contribution in [0.25, 0.3) is 11.4 Å². The molecule has 4 rings (SSSR count). The van der Waals surface area contributed by atoms with Crippen molar-refractivity contribution in [1.29, 1.82) is 0 Å². The molecule has 128 valence electrons. The van der Waals surface area contributed by atoms with Gasteiger partial charge in [0.05, 0.1) is 6.26 Å². The fourth-order valence-corrected chi connectivity index (χ4v) is 3.13. The van der Waals surface area contributed by atoms with Crippen LogP contribution in [0.5, 0.6) is 0 Å². The smallest absolute Gasteiger partial charge is 0.289 e. The van der Waals surface area contributed by atoms with Crippen LogP contribution in [0.3, 0.4) is 0 Å². The van der Waals surface area contributed by atoms with Crippen LogP contribution >= 0.6 is 11.6 Å². The van der Waals surface area contributed by atoms with Crippen molar-refractivity contribution in [3.63, 3.8) is 0 Å². The van der Waals surface area contributed by atoms with Crippen LogP contribution in [0.15, 0.2) is 51.6 Å².